The predicted octanol–water partition coefficient (Wildman–Crippen LogP) is 5.70. The van der Waals surface area contributed by atoms with Crippen molar-refractivity contribution in [3.63, 3.8) is 0 Å². The lowest BCUT2D eigenvalue weighted by molar-refractivity contribution is 0.0696. The Bertz CT molecular complexity index is 734. The number of halogens is 4. The fourth-order valence-corrected chi connectivity index (χ4v) is 3.17. The van der Waals surface area contributed by atoms with E-state index in [2.05, 4.69) is 22.6 Å². The minimum atomic E-state index is -0.915. The molecule has 2 aromatic rings. The maximum absolute atomic E-state index is 10.6. The zero-order valence-electron chi connectivity index (χ0n) is 12.3. The van der Waals surface area contributed by atoms with E-state index in [1.54, 1.807) is 19.1 Å². The first-order valence-corrected chi connectivity index (χ1v) is 9.33. The van der Waals surface area contributed by atoms with Gasteiger partial charge < -0.3 is 10.2 Å². The van der Waals surface area contributed by atoms with E-state index in [-0.39, 0.29) is 6.61 Å². The lowest BCUT2D eigenvalue weighted by atomic mass is 10.1. The minimum absolute atomic E-state index is 0.0823. The van der Waals surface area contributed by atoms with Gasteiger partial charge in [-0.3, -0.25) is 0 Å². The smallest absolute Gasteiger partial charge is 0.335 e. The van der Waals surface area contributed by atoms with Crippen molar-refractivity contribution in [3.8, 4) is 0 Å². The van der Waals surface area contributed by atoms with Crippen molar-refractivity contribution in [3.05, 3.63) is 63.7 Å². The normalized spacial score (nSPS) is 10.0. The second-order valence-corrected chi connectivity index (χ2v) is 7.88. The molecule has 3 nitrogen and oxygen atoms in total. The molecule has 0 unspecified atom stereocenters. The number of carbonyl (C=O) groups is 1. The highest BCUT2D eigenvalue weighted by atomic mass is 127. The van der Waals surface area contributed by atoms with Gasteiger partial charge in [-0.05, 0) is 100.0 Å². The maximum atomic E-state index is 10.6. The molecule has 7 heteroatoms. The lowest BCUT2D eigenvalue weighted by Crippen LogP contribution is -2.00. The minimum Gasteiger partial charge on any atom is -0.478 e. The molecule has 0 amide bonds. The van der Waals surface area contributed by atoms with Crippen LogP contribution in [0.5, 0.6) is 0 Å². The van der Waals surface area contributed by atoms with Crippen molar-refractivity contribution in [1.82, 2.24) is 0 Å². The van der Waals surface area contributed by atoms with Crippen LogP contribution in [0.1, 0.15) is 27.0 Å². The van der Waals surface area contributed by atoms with Gasteiger partial charge in [-0.2, -0.15) is 0 Å². The fourth-order valence-electron chi connectivity index (χ4n) is 1.73. The van der Waals surface area contributed by atoms with E-state index in [4.69, 9.17) is 33.4 Å². The van der Waals surface area contributed by atoms with Gasteiger partial charge in [0.1, 0.15) is 0 Å². The molecule has 0 heterocycles. The largest absolute Gasteiger partial charge is 0.478 e. The molecular weight excluding hydrogens is 565 g/mol. The molecule has 0 bridgehead atoms. The molecule has 0 aliphatic carbocycles. The molecular formula is C16H14Cl2I2O3. The number of aryl methyl sites for hydroxylation is 2. The van der Waals surface area contributed by atoms with Crippen LogP contribution in [0, 0.1) is 21.0 Å². The van der Waals surface area contributed by atoms with Crippen LogP contribution in [0.3, 0.4) is 0 Å². The van der Waals surface area contributed by atoms with Gasteiger partial charge in [0.05, 0.1) is 22.2 Å². The fraction of sp³-hybridized carbons (Fsp3) is 0.188. The number of benzene rings is 2. The summed E-state index contributed by atoms with van der Waals surface area (Å²) >= 11 is 15.8. The van der Waals surface area contributed by atoms with Gasteiger partial charge in [-0.25, -0.2) is 4.79 Å². The van der Waals surface area contributed by atoms with Gasteiger partial charge in [0.25, 0.3) is 0 Å². The molecule has 2 rings (SSSR count). The van der Waals surface area contributed by atoms with Crippen LogP contribution in [0.15, 0.2) is 24.3 Å². The van der Waals surface area contributed by atoms with Gasteiger partial charge in [0.2, 0.25) is 0 Å². The molecule has 124 valence electrons. The summed E-state index contributed by atoms with van der Waals surface area (Å²) in [5.74, 6) is -0.915. The molecule has 0 saturated carbocycles. The Morgan fingerprint density at radius 3 is 1.96 bits per heavy atom. The first-order chi connectivity index (χ1) is 10.7. The number of hydrogen-bond donors (Lipinski definition) is 2. The van der Waals surface area contributed by atoms with Gasteiger partial charge in [-0.1, -0.05) is 23.2 Å². The van der Waals surface area contributed by atoms with E-state index in [9.17, 15) is 4.79 Å². The Labute approximate surface area is 172 Å². The molecule has 0 atom stereocenters. The standard InChI is InChI=1S/C8H6ClIO2.C8H8ClIO/c1-4-2-6(9)7(10)3-5(4)8(11)12;1-5-2-7(9)8(10)3-6(5)4-11/h2-3H,1H3,(H,11,12);2-3,11H,4H2,1H3. The summed E-state index contributed by atoms with van der Waals surface area (Å²) in [6.45, 7) is 3.75. The zero-order valence-corrected chi connectivity index (χ0v) is 18.2. The van der Waals surface area contributed by atoms with Gasteiger partial charge >= 0.3 is 5.97 Å². The molecule has 2 aromatic carbocycles. The molecule has 0 aromatic heterocycles. The number of hydrogen-bond acceptors (Lipinski definition) is 2. The zero-order chi connectivity index (χ0) is 17.7. The third-order valence-electron chi connectivity index (χ3n) is 3.05. The summed E-state index contributed by atoms with van der Waals surface area (Å²) < 4.78 is 1.75. The highest BCUT2D eigenvalue weighted by Gasteiger charge is 2.09. The summed E-state index contributed by atoms with van der Waals surface area (Å²) in [6, 6.07) is 7.00. The number of rotatable bonds is 2. The van der Waals surface area contributed by atoms with E-state index in [1.807, 2.05) is 41.6 Å². The number of aromatic carboxylic acids is 1. The SMILES string of the molecule is Cc1cc(Cl)c(I)cc1C(=O)O.Cc1cc(Cl)c(I)cc1CO. The highest BCUT2D eigenvalue weighted by molar-refractivity contribution is 14.1. The third-order valence-corrected chi connectivity index (χ3v) is 6.10. The van der Waals surface area contributed by atoms with Gasteiger partial charge in [0.15, 0.2) is 0 Å². The van der Waals surface area contributed by atoms with Crippen LogP contribution in [-0.2, 0) is 6.61 Å². The van der Waals surface area contributed by atoms with Gasteiger partial charge in [0, 0.05) is 7.14 Å². The average molecular weight is 579 g/mol. The monoisotopic (exact) mass is 578 g/mol. The Morgan fingerprint density at radius 1 is 1.00 bits per heavy atom. The topological polar surface area (TPSA) is 57.5 Å². The summed E-state index contributed by atoms with van der Waals surface area (Å²) in [5.41, 5.74) is 2.98. The van der Waals surface area contributed by atoms with Crippen LogP contribution in [0.2, 0.25) is 10.0 Å². The summed E-state index contributed by atoms with van der Waals surface area (Å²) in [5, 5.41) is 19.0. The summed E-state index contributed by atoms with van der Waals surface area (Å²) in [7, 11) is 0. The number of carboxylic acid groups (broad SMARTS) is 1. The first-order valence-electron chi connectivity index (χ1n) is 6.41. The number of aliphatic hydroxyl groups excluding tert-OH is 1. The van der Waals surface area contributed by atoms with Crippen molar-refractivity contribution in [1.29, 1.82) is 0 Å². The van der Waals surface area contributed by atoms with E-state index in [0.29, 0.717) is 16.1 Å². The van der Waals surface area contributed by atoms with Crippen molar-refractivity contribution in [2.24, 2.45) is 0 Å². The molecule has 23 heavy (non-hydrogen) atoms. The second-order valence-electron chi connectivity index (χ2n) is 4.74. The second kappa shape index (κ2) is 9.41. The summed E-state index contributed by atoms with van der Waals surface area (Å²) in [6.07, 6.45) is 0. The van der Waals surface area contributed by atoms with E-state index < -0.39 is 5.97 Å². The van der Waals surface area contributed by atoms with Crippen molar-refractivity contribution >= 4 is 74.4 Å². The molecule has 0 aliphatic rings. The Kier molecular flexibility index (Phi) is 8.57. The van der Waals surface area contributed by atoms with Gasteiger partial charge in [-0.15, -0.1) is 0 Å². The molecule has 0 saturated heterocycles. The number of aliphatic hydroxyl groups is 1. The molecule has 0 aliphatic heterocycles. The molecule has 2 N–H and O–H groups in total. The quantitative estimate of drug-likeness (QED) is 0.450. The third kappa shape index (κ3) is 6.04. The van der Waals surface area contributed by atoms with Crippen molar-refractivity contribution < 1.29 is 15.0 Å². The summed E-state index contributed by atoms with van der Waals surface area (Å²) in [4.78, 5) is 10.6. The van der Waals surface area contributed by atoms with E-state index >= 15 is 0 Å². The molecule has 0 radical (unpaired) electrons. The maximum Gasteiger partial charge on any atom is 0.335 e. The Morgan fingerprint density at radius 2 is 1.48 bits per heavy atom. The van der Waals surface area contributed by atoms with E-state index in [0.717, 1.165) is 23.3 Å². The van der Waals surface area contributed by atoms with Crippen LogP contribution < -0.4 is 0 Å². The number of carboxylic acids is 1. The van der Waals surface area contributed by atoms with Crippen molar-refractivity contribution in [2.45, 2.75) is 20.5 Å². The Hall–Kier alpha value is -0.0900. The van der Waals surface area contributed by atoms with Crippen LogP contribution >= 0.6 is 68.4 Å². The van der Waals surface area contributed by atoms with E-state index in [1.165, 1.54) is 0 Å². The molecule has 0 spiro atoms. The van der Waals surface area contributed by atoms with Crippen LogP contribution in [0.4, 0.5) is 0 Å². The highest BCUT2D eigenvalue weighted by Crippen LogP contribution is 2.23. The Balaban J connectivity index is 0.000000231. The first kappa shape index (κ1) is 21.0. The predicted molar refractivity (Wildman–Crippen MR) is 111 cm³/mol. The van der Waals surface area contributed by atoms with Crippen molar-refractivity contribution in [2.75, 3.05) is 0 Å². The van der Waals surface area contributed by atoms with Crippen LogP contribution in [0.25, 0.3) is 0 Å². The van der Waals surface area contributed by atoms with Crippen LogP contribution in [-0.4, -0.2) is 16.2 Å². The molecule has 0 fully saturated rings. The lowest BCUT2D eigenvalue weighted by Gasteiger charge is -2.03. The average Bonchev–Trinajstić information content (AvgIpc) is 2.47.